The van der Waals surface area contributed by atoms with Gasteiger partial charge in [0.1, 0.15) is 29.7 Å². The van der Waals surface area contributed by atoms with Crippen molar-refractivity contribution in [3.63, 3.8) is 0 Å². The van der Waals surface area contributed by atoms with Crippen LogP contribution in [0.3, 0.4) is 0 Å². The molecule has 41 heavy (non-hydrogen) atoms. The molecule has 6 heteroatoms. The van der Waals surface area contributed by atoms with Crippen LogP contribution in [0.2, 0.25) is 0 Å². The number of rotatable bonds is 10. The molecule has 2 atom stereocenters. The van der Waals surface area contributed by atoms with Gasteiger partial charge >= 0.3 is 0 Å². The molecule has 0 fully saturated rings. The summed E-state index contributed by atoms with van der Waals surface area (Å²) in [5.74, 6) is 2.63. The highest BCUT2D eigenvalue weighted by Crippen LogP contribution is 2.46. The number of fused-ring (bicyclic) bond motifs is 2. The molecule has 0 spiro atoms. The summed E-state index contributed by atoms with van der Waals surface area (Å²) in [7, 11) is 8.72. The predicted molar refractivity (Wildman–Crippen MR) is 174 cm³/mol. The van der Waals surface area contributed by atoms with Crippen molar-refractivity contribution in [1.29, 1.82) is 0 Å². The molecule has 0 aliphatic heterocycles. The summed E-state index contributed by atoms with van der Waals surface area (Å²) >= 11 is 0. The Bertz CT molecular complexity index is 1550. The summed E-state index contributed by atoms with van der Waals surface area (Å²) in [6, 6.07) is 34.1. The first kappa shape index (κ1) is 28.9. The van der Waals surface area contributed by atoms with Gasteiger partial charge in [0.25, 0.3) is 0 Å². The molecule has 0 aliphatic carbocycles. The number of para-hydroxylation sites is 1. The zero-order chi connectivity index (χ0) is 29.1. The van der Waals surface area contributed by atoms with Crippen LogP contribution in [0.15, 0.2) is 97.1 Å². The molecule has 0 heterocycles. The minimum Gasteiger partial charge on any atom is -0.496 e. The first-order valence-electron chi connectivity index (χ1n) is 13.9. The quantitative estimate of drug-likeness (QED) is 0.146. The van der Waals surface area contributed by atoms with E-state index in [2.05, 4.69) is 109 Å². The van der Waals surface area contributed by atoms with Crippen molar-refractivity contribution in [1.82, 2.24) is 9.80 Å². The van der Waals surface area contributed by atoms with Crippen molar-refractivity contribution in [2.75, 3.05) is 35.3 Å². The number of hydrogen-bond acceptors (Lipinski definition) is 5. The second kappa shape index (κ2) is 12.5. The lowest BCUT2D eigenvalue weighted by Gasteiger charge is -2.30. The van der Waals surface area contributed by atoms with Crippen LogP contribution < -0.4 is 30.1 Å². The number of ether oxygens (including phenoxy) is 3. The zero-order valence-electron chi connectivity index (χ0n) is 25.0. The standard InChI is InChI=1S/C35H39N2O3P/c1-24(36(3)4)39-34-28-16-10-8-14-26(28)20-22-32(34)41(31-19-13-12-18-30(31)38-7)33-23-21-27-15-9-11-17-29(27)35(33)40-25(2)37(5)6/h8-25H,1-7H3. The van der Waals surface area contributed by atoms with Gasteiger partial charge in [-0.25, -0.2) is 0 Å². The summed E-state index contributed by atoms with van der Waals surface area (Å²) in [5.41, 5.74) is 0. The first-order chi connectivity index (χ1) is 19.8. The average Bonchev–Trinajstić information content (AvgIpc) is 2.99. The summed E-state index contributed by atoms with van der Waals surface area (Å²) < 4.78 is 19.6. The van der Waals surface area contributed by atoms with Gasteiger partial charge in [0.05, 0.1) is 7.11 Å². The van der Waals surface area contributed by atoms with Crippen LogP contribution in [-0.2, 0) is 0 Å². The molecule has 5 rings (SSSR count). The van der Waals surface area contributed by atoms with E-state index >= 15 is 0 Å². The van der Waals surface area contributed by atoms with Crippen molar-refractivity contribution >= 4 is 45.4 Å². The van der Waals surface area contributed by atoms with E-state index in [0.717, 1.165) is 54.7 Å². The molecule has 5 nitrogen and oxygen atoms in total. The number of benzene rings is 5. The molecule has 0 N–H and O–H groups in total. The lowest BCUT2D eigenvalue weighted by Crippen LogP contribution is -2.34. The fourth-order valence-electron chi connectivity index (χ4n) is 4.82. The highest BCUT2D eigenvalue weighted by molar-refractivity contribution is 7.80. The molecule has 2 unspecified atom stereocenters. The Hall–Kier alpha value is -3.63. The third kappa shape index (κ3) is 5.90. The third-order valence-electron chi connectivity index (χ3n) is 7.56. The molecule has 0 aromatic heterocycles. The van der Waals surface area contributed by atoms with Gasteiger partial charge in [-0.2, -0.15) is 0 Å². The molecule has 0 amide bonds. The maximum atomic E-state index is 6.82. The summed E-state index contributed by atoms with van der Waals surface area (Å²) in [5, 5.41) is 7.81. The highest BCUT2D eigenvalue weighted by Gasteiger charge is 2.30. The first-order valence-corrected chi connectivity index (χ1v) is 15.3. The van der Waals surface area contributed by atoms with Crippen LogP contribution in [0.5, 0.6) is 17.2 Å². The van der Waals surface area contributed by atoms with Gasteiger partial charge in [0, 0.05) is 26.7 Å². The van der Waals surface area contributed by atoms with E-state index in [0.29, 0.717) is 0 Å². The number of nitrogens with zero attached hydrogens (tertiary/aromatic N) is 2. The molecule has 0 aliphatic rings. The van der Waals surface area contributed by atoms with Crippen LogP contribution >= 0.6 is 7.92 Å². The van der Waals surface area contributed by atoms with Crippen LogP contribution in [-0.4, -0.2) is 57.6 Å². The smallest absolute Gasteiger partial charge is 0.149 e. The number of methoxy groups -OCH3 is 1. The Morgan fingerprint density at radius 1 is 0.537 bits per heavy atom. The Kier molecular flexibility index (Phi) is 8.79. The molecule has 0 bridgehead atoms. The Morgan fingerprint density at radius 3 is 1.44 bits per heavy atom. The van der Waals surface area contributed by atoms with Crippen molar-refractivity contribution in [3.05, 3.63) is 97.1 Å². The molecule has 5 aromatic rings. The molecular formula is C35H39N2O3P. The van der Waals surface area contributed by atoms with E-state index in [1.807, 2.05) is 40.3 Å². The normalized spacial score (nSPS) is 13.9. The van der Waals surface area contributed by atoms with Gasteiger partial charge in [-0.15, -0.1) is 0 Å². The summed E-state index contributed by atoms with van der Waals surface area (Å²) in [6.45, 7) is 4.17. The second-order valence-corrected chi connectivity index (χ2v) is 12.8. The fourth-order valence-corrected chi connectivity index (χ4v) is 7.42. The van der Waals surface area contributed by atoms with Gasteiger partial charge in [-0.1, -0.05) is 78.9 Å². The Morgan fingerprint density at radius 2 is 0.976 bits per heavy atom. The second-order valence-electron chi connectivity index (χ2n) is 10.6. The maximum Gasteiger partial charge on any atom is 0.149 e. The van der Waals surface area contributed by atoms with Crippen LogP contribution in [0.4, 0.5) is 0 Å². The Balaban J connectivity index is 1.86. The van der Waals surface area contributed by atoms with Crippen LogP contribution in [0, 0.1) is 0 Å². The zero-order valence-corrected chi connectivity index (χ0v) is 25.9. The number of hydrogen-bond donors (Lipinski definition) is 0. The minimum absolute atomic E-state index is 0.129. The van der Waals surface area contributed by atoms with Crippen LogP contribution in [0.25, 0.3) is 21.5 Å². The lowest BCUT2D eigenvalue weighted by atomic mass is 10.1. The van der Waals surface area contributed by atoms with Gasteiger partial charge in [0.2, 0.25) is 0 Å². The molecule has 5 aromatic carbocycles. The van der Waals surface area contributed by atoms with E-state index in [9.17, 15) is 0 Å². The van der Waals surface area contributed by atoms with E-state index in [-0.39, 0.29) is 12.5 Å². The van der Waals surface area contributed by atoms with Gasteiger partial charge < -0.3 is 14.2 Å². The van der Waals surface area contributed by atoms with Crippen molar-refractivity contribution in [2.45, 2.75) is 26.3 Å². The van der Waals surface area contributed by atoms with Crippen LogP contribution in [0.1, 0.15) is 13.8 Å². The molecular weight excluding hydrogens is 527 g/mol. The average molecular weight is 567 g/mol. The van der Waals surface area contributed by atoms with Gasteiger partial charge in [-0.3, -0.25) is 9.80 Å². The van der Waals surface area contributed by atoms with Crippen molar-refractivity contribution in [3.8, 4) is 17.2 Å². The molecule has 0 saturated carbocycles. The maximum absolute atomic E-state index is 6.82. The topological polar surface area (TPSA) is 34.2 Å². The monoisotopic (exact) mass is 566 g/mol. The molecule has 212 valence electrons. The lowest BCUT2D eigenvalue weighted by molar-refractivity contribution is 0.0840. The Labute approximate surface area is 245 Å². The highest BCUT2D eigenvalue weighted by atomic mass is 31.1. The third-order valence-corrected chi connectivity index (χ3v) is 10.1. The largest absolute Gasteiger partial charge is 0.496 e. The minimum atomic E-state index is -1.17. The SMILES string of the molecule is COc1ccccc1P(c1ccc2ccccc2c1OC(C)N(C)C)c1ccc2ccccc2c1OC(C)N(C)C. The van der Waals surface area contributed by atoms with Gasteiger partial charge in [-0.05, 0) is 78.9 Å². The summed E-state index contributed by atoms with van der Waals surface area (Å²) in [6.07, 6.45) is -0.259. The van der Waals surface area contributed by atoms with Gasteiger partial charge in [0.15, 0.2) is 0 Å². The van der Waals surface area contributed by atoms with E-state index in [1.54, 1.807) is 7.11 Å². The van der Waals surface area contributed by atoms with Crippen molar-refractivity contribution in [2.24, 2.45) is 0 Å². The van der Waals surface area contributed by atoms with E-state index < -0.39 is 7.92 Å². The summed E-state index contributed by atoms with van der Waals surface area (Å²) in [4.78, 5) is 4.17. The fraction of sp³-hybridized carbons (Fsp3) is 0.257. The molecule has 0 radical (unpaired) electrons. The van der Waals surface area contributed by atoms with E-state index in [4.69, 9.17) is 14.2 Å². The van der Waals surface area contributed by atoms with E-state index in [1.165, 1.54) is 0 Å². The van der Waals surface area contributed by atoms with Crippen molar-refractivity contribution < 1.29 is 14.2 Å². The molecule has 0 saturated heterocycles. The predicted octanol–water partition coefficient (Wildman–Crippen LogP) is 6.33.